The second-order valence-corrected chi connectivity index (χ2v) is 4.56. The third-order valence-corrected chi connectivity index (χ3v) is 2.45. The normalized spacial score (nSPS) is 10.2. The number of carbonyl (C=O) groups is 4. The molecule has 0 saturated heterocycles. The summed E-state index contributed by atoms with van der Waals surface area (Å²) < 4.78 is 4.78. The lowest BCUT2D eigenvalue weighted by molar-refractivity contribution is -0.301. The fraction of sp³-hybridized carbons (Fsp3) is 0.500. The molecule has 0 fully saturated rings. The monoisotopic (exact) mass is 341 g/mol. The fourth-order valence-electron chi connectivity index (χ4n) is 1.38. The van der Waals surface area contributed by atoms with Gasteiger partial charge in [-0.2, -0.15) is 0 Å². The van der Waals surface area contributed by atoms with Gasteiger partial charge in [-0.05, 0) is 24.6 Å². The number of carbonyl (C=O) groups excluding carboxylic acids is 4. The lowest BCUT2D eigenvalue weighted by Gasteiger charge is -2.02. The second kappa shape index (κ2) is 16.7. The van der Waals surface area contributed by atoms with Gasteiger partial charge in [-0.1, -0.05) is 39.0 Å². The summed E-state index contributed by atoms with van der Waals surface area (Å²) in [5.41, 5.74) is 0. The van der Waals surface area contributed by atoms with Gasteiger partial charge in [0.2, 0.25) is 0 Å². The van der Waals surface area contributed by atoms with E-state index in [2.05, 4.69) is 6.92 Å². The van der Waals surface area contributed by atoms with E-state index in [9.17, 15) is 34.5 Å². The number of hydrogen-bond acceptors (Lipinski definition) is 8. The molecule has 0 aromatic rings. The van der Waals surface area contributed by atoms with E-state index < -0.39 is 23.9 Å². The van der Waals surface area contributed by atoms with Crippen LogP contribution in [0.3, 0.4) is 0 Å². The Morgan fingerprint density at radius 1 is 0.708 bits per heavy atom. The van der Waals surface area contributed by atoms with Gasteiger partial charge in [0.25, 0.3) is 0 Å². The first-order valence-corrected chi connectivity index (χ1v) is 7.45. The molecule has 0 atom stereocenters. The molecule has 8 heteroatoms. The first-order chi connectivity index (χ1) is 11.3. The van der Waals surface area contributed by atoms with Gasteiger partial charge in [0, 0.05) is 6.08 Å². The summed E-state index contributed by atoms with van der Waals surface area (Å²) in [4.78, 5) is 39.7. The van der Waals surface area contributed by atoms with Gasteiger partial charge in [-0.15, -0.1) is 0 Å². The molecule has 0 heterocycles. The summed E-state index contributed by atoms with van der Waals surface area (Å²) in [6.07, 6.45) is 9.00. The van der Waals surface area contributed by atoms with Crippen LogP contribution in [0.2, 0.25) is 0 Å². The van der Waals surface area contributed by atoms with Crippen LogP contribution in [0.4, 0.5) is 0 Å². The molecule has 8 nitrogen and oxygen atoms in total. The van der Waals surface area contributed by atoms with Gasteiger partial charge in [0.1, 0.15) is 0 Å². The van der Waals surface area contributed by atoms with Crippen LogP contribution in [0.25, 0.3) is 0 Å². The SMILES string of the molecule is CCCCCCCCOC(=O)/C=C\C(=O)[O-].O=C([O-])/C=C/C(=O)[O-]. The maximum atomic E-state index is 10.9. The minimum absolute atomic E-state index is 0.350. The molecule has 0 bridgehead atoms. The lowest BCUT2D eigenvalue weighted by Crippen LogP contribution is -2.23. The molecular weight excluding hydrogens is 320 g/mol. The second-order valence-electron chi connectivity index (χ2n) is 4.56. The van der Waals surface area contributed by atoms with Gasteiger partial charge >= 0.3 is 5.97 Å². The number of esters is 1. The van der Waals surface area contributed by atoms with E-state index in [1.807, 2.05) is 0 Å². The van der Waals surface area contributed by atoms with E-state index >= 15 is 0 Å². The van der Waals surface area contributed by atoms with Gasteiger partial charge in [-0.3, -0.25) is 0 Å². The largest absolute Gasteiger partial charge is 0.545 e. The molecule has 136 valence electrons. The molecule has 0 N–H and O–H groups in total. The average Bonchev–Trinajstić information content (AvgIpc) is 2.50. The Labute approximate surface area is 140 Å². The molecule has 24 heavy (non-hydrogen) atoms. The van der Waals surface area contributed by atoms with Crippen LogP contribution in [-0.2, 0) is 23.9 Å². The van der Waals surface area contributed by atoms with Crippen LogP contribution < -0.4 is 15.3 Å². The van der Waals surface area contributed by atoms with Crippen molar-refractivity contribution in [3.63, 3.8) is 0 Å². The molecule has 0 unspecified atom stereocenters. The quantitative estimate of drug-likeness (QED) is 0.244. The summed E-state index contributed by atoms with van der Waals surface area (Å²) in [5.74, 6) is -5.11. The Morgan fingerprint density at radius 3 is 1.58 bits per heavy atom. The molecule has 0 aromatic heterocycles. The van der Waals surface area contributed by atoms with Crippen LogP contribution >= 0.6 is 0 Å². The third-order valence-electron chi connectivity index (χ3n) is 2.45. The van der Waals surface area contributed by atoms with E-state index in [0.29, 0.717) is 24.8 Å². The Hall–Kier alpha value is -2.64. The highest BCUT2D eigenvalue weighted by Gasteiger charge is 1.96. The van der Waals surface area contributed by atoms with E-state index in [1.54, 1.807) is 0 Å². The number of hydrogen-bond donors (Lipinski definition) is 0. The van der Waals surface area contributed by atoms with Crippen molar-refractivity contribution in [3.05, 3.63) is 24.3 Å². The van der Waals surface area contributed by atoms with Crippen molar-refractivity contribution in [3.8, 4) is 0 Å². The van der Waals surface area contributed by atoms with Crippen LogP contribution in [0, 0.1) is 0 Å². The van der Waals surface area contributed by atoms with Crippen molar-refractivity contribution in [1.82, 2.24) is 0 Å². The summed E-state index contributed by atoms with van der Waals surface area (Å²) in [7, 11) is 0. The van der Waals surface area contributed by atoms with Gasteiger partial charge in [-0.25, -0.2) is 4.79 Å². The summed E-state index contributed by atoms with van der Waals surface area (Å²) >= 11 is 0. The van der Waals surface area contributed by atoms with Crippen LogP contribution in [0.15, 0.2) is 24.3 Å². The zero-order valence-electron chi connectivity index (χ0n) is 13.5. The van der Waals surface area contributed by atoms with E-state index in [-0.39, 0.29) is 0 Å². The number of carboxylic acid groups (broad SMARTS) is 3. The number of carboxylic acids is 3. The van der Waals surface area contributed by atoms with Crippen molar-refractivity contribution < 1.29 is 39.2 Å². The number of ether oxygens (including phenoxy) is 1. The minimum Gasteiger partial charge on any atom is -0.545 e. The minimum atomic E-state index is -1.55. The van der Waals surface area contributed by atoms with Crippen molar-refractivity contribution in [2.75, 3.05) is 6.61 Å². The van der Waals surface area contributed by atoms with Crippen LogP contribution in [-0.4, -0.2) is 30.5 Å². The lowest BCUT2D eigenvalue weighted by atomic mass is 10.1. The standard InChI is InChI=1S/C12H20O4.C4H4O4/c1-2-3-4-5-6-7-10-16-12(15)9-8-11(13)14;5-3(6)1-2-4(7)8/h8-9H,2-7,10H2,1H3,(H,13,14);1-2H,(H,5,6)(H,7,8)/p-3/b9-8-;2-1+. The molecule has 0 rings (SSSR count). The zero-order chi connectivity index (χ0) is 18.8. The van der Waals surface area contributed by atoms with Gasteiger partial charge < -0.3 is 34.4 Å². The molecule has 0 aliphatic rings. The molecule has 0 aliphatic carbocycles. The zero-order valence-corrected chi connectivity index (χ0v) is 13.5. The highest BCUT2D eigenvalue weighted by Crippen LogP contribution is 2.04. The van der Waals surface area contributed by atoms with Crippen LogP contribution in [0.5, 0.6) is 0 Å². The predicted octanol–water partition coefficient (Wildman–Crippen LogP) is -1.76. The molecule has 0 aliphatic heterocycles. The molecule has 0 spiro atoms. The van der Waals surface area contributed by atoms with E-state index in [1.165, 1.54) is 19.3 Å². The average molecular weight is 341 g/mol. The molecule has 0 saturated carbocycles. The van der Waals surface area contributed by atoms with E-state index in [0.717, 1.165) is 25.3 Å². The number of unbranched alkanes of at least 4 members (excludes halogenated alkanes) is 5. The maximum absolute atomic E-state index is 10.9. The topological polar surface area (TPSA) is 147 Å². The highest BCUT2D eigenvalue weighted by atomic mass is 16.5. The van der Waals surface area contributed by atoms with Crippen molar-refractivity contribution in [2.45, 2.75) is 45.4 Å². The maximum Gasteiger partial charge on any atom is 0.330 e. The Kier molecular flexibility index (Phi) is 16.5. The van der Waals surface area contributed by atoms with Crippen molar-refractivity contribution in [2.24, 2.45) is 0 Å². The smallest absolute Gasteiger partial charge is 0.330 e. The first-order valence-electron chi connectivity index (χ1n) is 7.45. The fourth-order valence-corrected chi connectivity index (χ4v) is 1.38. The highest BCUT2D eigenvalue weighted by molar-refractivity contribution is 5.89. The van der Waals surface area contributed by atoms with Crippen molar-refractivity contribution in [1.29, 1.82) is 0 Å². The molecular formula is C16H21O8-3. The Bertz CT molecular complexity index is 435. The summed E-state index contributed by atoms with van der Waals surface area (Å²) in [6.45, 7) is 2.51. The summed E-state index contributed by atoms with van der Waals surface area (Å²) in [6, 6.07) is 0. The van der Waals surface area contributed by atoms with Gasteiger partial charge in [0.05, 0.1) is 24.5 Å². The van der Waals surface area contributed by atoms with Crippen LogP contribution in [0.1, 0.15) is 45.4 Å². The summed E-state index contributed by atoms with van der Waals surface area (Å²) in [5, 5.41) is 28.8. The Morgan fingerprint density at radius 2 is 1.12 bits per heavy atom. The predicted molar refractivity (Wildman–Crippen MR) is 77.6 cm³/mol. The number of aliphatic carboxylic acids is 3. The van der Waals surface area contributed by atoms with Gasteiger partial charge in [0.15, 0.2) is 0 Å². The third kappa shape index (κ3) is 24.4. The molecule has 0 amide bonds. The van der Waals surface area contributed by atoms with Crippen molar-refractivity contribution >= 4 is 23.9 Å². The molecule has 0 aromatic carbocycles. The first kappa shape index (κ1) is 23.6. The molecule has 0 radical (unpaired) electrons. The van der Waals surface area contributed by atoms with E-state index in [4.69, 9.17) is 4.74 Å². The Balaban J connectivity index is 0. The number of rotatable bonds is 11.